The summed E-state index contributed by atoms with van der Waals surface area (Å²) in [6.45, 7) is 14.0. The number of amides is 1. The van der Waals surface area contributed by atoms with Crippen molar-refractivity contribution in [3.8, 4) is 5.69 Å². The first kappa shape index (κ1) is 21.4. The summed E-state index contributed by atoms with van der Waals surface area (Å²) in [5, 5.41) is 0.553. The summed E-state index contributed by atoms with van der Waals surface area (Å²) in [5.74, 6) is 0.724. The Labute approximate surface area is 178 Å². The number of fused-ring (bicyclic) bond motifs is 1. The third kappa shape index (κ3) is 3.80. The lowest BCUT2D eigenvalue weighted by Crippen LogP contribution is -2.33. The predicted octanol–water partition coefficient (Wildman–Crippen LogP) is 5.53. The van der Waals surface area contributed by atoms with Crippen LogP contribution in [0.15, 0.2) is 18.3 Å². The van der Waals surface area contributed by atoms with Crippen molar-refractivity contribution < 1.29 is 4.79 Å². The summed E-state index contributed by atoms with van der Waals surface area (Å²) in [4.78, 5) is 20.2. The number of aryl methyl sites for hydroxylation is 4. The zero-order chi connectivity index (χ0) is 21.3. The van der Waals surface area contributed by atoms with Crippen LogP contribution >= 0.6 is 11.6 Å². The molecule has 0 aliphatic carbocycles. The third-order valence-corrected chi connectivity index (χ3v) is 5.55. The number of carbonyl (C=O) groups excluding carboxylic acids is 1. The van der Waals surface area contributed by atoms with E-state index in [1.165, 1.54) is 5.56 Å². The topological polar surface area (TPSA) is 42.5 Å². The van der Waals surface area contributed by atoms with Gasteiger partial charge in [-0.05, 0) is 51.2 Å². The standard InChI is InChI=1S/C23H31ClN4O/c1-7-10-26(11-8-2)22(29)21-18(9-3)25-23-27(21)14-19(24)28(23)20-16(5)12-15(4)13-17(20)6/h12-14H,7-11H2,1-6H3. The van der Waals surface area contributed by atoms with Gasteiger partial charge in [-0.1, -0.05) is 50.1 Å². The van der Waals surface area contributed by atoms with Crippen LogP contribution in [0.2, 0.25) is 5.15 Å². The first-order valence-electron chi connectivity index (χ1n) is 10.5. The highest BCUT2D eigenvalue weighted by Gasteiger charge is 2.26. The number of aromatic nitrogens is 3. The van der Waals surface area contributed by atoms with Crippen molar-refractivity contribution in [3.05, 3.63) is 51.6 Å². The smallest absolute Gasteiger partial charge is 0.272 e. The summed E-state index contributed by atoms with van der Waals surface area (Å²) in [6, 6.07) is 4.30. The molecule has 0 saturated heterocycles. The fraction of sp³-hybridized carbons (Fsp3) is 0.478. The van der Waals surface area contributed by atoms with E-state index in [-0.39, 0.29) is 5.91 Å². The van der Waals surface area contributed by atoms with Crippen LogP contribution in [0.4, 0.5) is 0 Å². The summed E-state index contributed by atoms with van der Waals surface area (Å²) in [5.41, 5.74) is 5.96. The molecule has 0 atom stereocenters. The first-order chi connectivity index (χ1) is 13.8. The van der Waals surface area contributed by atoms with Crippen LogP contribution in [0, 0.1) is 20.8 Å². The second-order valence-corrected chi connectivity index (χ2v) is 8.14. The van der Waals surface area contributed by atoms with Gasteiger partial charge in [0, 0.05) is 19.3 Å². The minimum atomic E-state index is 0.0317. The Morgan fingerprint density at radius 1 is 1.07 bits per heavy atom. The number of hydrogen-bond donors (Lipinski definition) is 0. The number of nitrogens with zero attached hydrogens (tertiary/aromatic N) is 4. The van der Waals surface area contributed by atoms with Crippen molar-refractivity contribution in [2.45, 2.75) is 60.8 Å². The number of imidazole rings is 2. The van der Waals surface area contributed by atoms with Crippen LogP contribution in [0.1, 0.15) is 66.5 Å². The van der Waals surface area contributed by atoms with E-state index in [1.54, 1.807) is 0 Å². The van der Waals surface area contributed by atoms with Gasteiger partial charge in [0.1, 0.15) is 10.8 Å². The van der Waals surface area contributed by atoms with E-state index in [4.69, 9.17) is 16.6 Å². The molecule has 0 N–H and O–H groups in total. The zero-order valence-electron chi connectivity index (χ0n) is 18.3. The normalized spacial score (nSPS) is 11.4. The van der Waals surface area contributed by atoms with Crippen molar-refractivity contribution in [1.29, 1.82) is 0 Å². The zero-order valence-corrected chi connectivity index (χ0v) is 19.1. The molecule has 0 aliphatic rings. The van der Waals surface area contributed by atoms with Crippen molar-refractivity contribution in [2.24, 2.45) is 0 Å². The van der Waals surface area contributed by atoms with Gasteiger partial charge in [-0.25, -0.2) is 4.98 Å². The van der Waals surface area contributed by atoms with Gasteiger partial charge in [0.15, 0.2) is 0 Å². The van der Waals surface area contributed by atoms with E-state index in [0.29, 0.717) is 23.0 Å². The maximum atomic E-state index is 13.4. The number of benzene rings is 1. The molecule has 1 amide bonds. The van der Waals surface area contributed by atoms with Crippen molar-refractivity contribution in [1.82, 2.24) is 18.9 Å². The molecule has 156 valence electrons. The molecule has 0 spiro atoms. The Kier molecular flexibility index (Phi) is 6.37. The second-order valence-electron chi connectivity index (χ2n) is 7.76. The Balaban J connectivity index is 2.24. The fourth-order valence-electron chi connectivity index (χ4n) is 4.22. The second kappa shape index (κ2) is 8.62. The van der Waals surface area contributed by atoms with E-state index >= 15 is 0 Å². The van der Waals surface area contributed by atoms with Crippen LogP contribution < -0.4 is 0 Å². The number of carbonyl (C=O) groups is 1. The van der Waals surface area contributed by atoms with Gasteiger partial charge in [-0.3, -0.25) is 13.8 Å². The molecule has 0 unspecified atom stereocenters. The van der Waals surface area contributed by atoms with Crippen molar-refractivity contribution in [2.75, 3.05) is 13.1 Å². The van der Waals surface area contributed by atoms with Crippen LogP contribution in [0.25, 0.3) is 11.5 Å². The average Bonchev–Trinajstić information content (AvgIpc) is 3.15. The molecule has 0 aliphatic heterocycles. The molecule has 29 heavy (non-hydrogen) atoms. The maximum absolute atomic E-state index is 13.4. The van der Waals surface area contributed by atoms with E-state index in [0.717, 1.165) is 48.4 Å². The molecule has 0 saturated carbocycles. The van der Waals surface area contributed by atoms with Gasteiger partial charge in [0.25, 0.3) is 5.91 Å². The first-order valence-corrected chi connectivity index (χ1v) is 10.9. The molecule has 0 radical (unpaired) electrons. The van der Waals surface area contributed by atoms with Crippen LogP contribution in [-0.4, -0.2) is 37.8 Å². The lowest BCUT2D eigenvalue weighted by molar-refractivity contribution is 0.0747. The average molecular weight is 415 g/mol. The van der Waals surface area contributed by atoms with Crippen molar-refractivity contribution in [3.63, 3.8) is 0 Å². The van der Waals surface area contributed by atoms with Crippen LogP contribution in [0.5, 0.6) is 0 Å². The Hall–Kier alpha value is -2.27. The van der Waals surface area contributed by atoms with E-state index in [2.05, 4.69) is 46.8 Å². The maximum Gasteiger partial charge on any atom is 0.272 e. The molecule has 5 nitrogen and oxygen atoms in total. The minimum absolute atomic E-state index is 0.0317. The molecule has 2 aromatic heterocycles. The van der Waals surface area contributed by atoms with E-state index < -0.39 is 0 Å². The molecular formula is C23H31ClN4O. The van der Waals surface area contributed by atoms with Crippen LogP contribution in [-0.2, 0) is 6.42 Å². The Morgan fingerprint density at radius 2 is 1.66 bits per heavy atom. The van der Waals surface area contributed by atoms with Gasteiger partial charge in [0.05, 0.1) is 11.4 Å². The minimum Gasteiger partial charge on any atom is -0.337 e. The Bertz CT molecular complexity index is 1020. The van der Waals surface area contributed by atoms with Gasteiger partial charge in [-0.2, -0.15) is 0 Å². The highest BCUT2D eigenvalue weighted by Crippen LogP contribution is 2.30. The molecule has 0 bridgehead atoms. The van der Waals surface area contributed by atoms with Gasteiger partial charge < -0.3 is 4.90 Å². The molecular weight excluding hydrogens is 384 g/mol. The summed E-state index contributed by atoms with van der Waals surface area (Å²) >= 11 is 6.68. The van der Waals surface area contributed by atoms with Gasteiger partial charge >= 0.3 is 0 Å². The predicted molar refractivity (Wildman–Crippen MR) is 120 cm³/mol. The lowest BCUT2D eigenvalue weighted by Gasteiger charge is -2.21. The van der Waals surface area contributed by atoms with E-state index in [1.807, 2.05) is 27.0 Å². The third-order valence-electron chi connectivity index (χ3n) is 5.28. The molecule has 3 aromatic rings. The highest BCUT2D eigenvalue weighted by atomic mass is 35.5. The monoisotopic (exact) mass is 414 g/mol. The summed E-state index contributed by atoms with van der Waals surface area (Å²) in [6.07, 6.45) is 4.38. The number of rotatable bonds is 7. The van der Waals surface area contributed by atoms with Gasteiger partial charge in [-0.15, -0.1) is 0 Å². The largest absolute Gasteiger partial charge is 0.337 e. The number of hydrogen-bond acceptors (Lipinski definition) is 2. The SMILES string of the molecule is CCCN(CCC)C(=O)c1c(CC)nc2n(-c3c(C)cc(C)cc3C)c(Cl)cn12. The molecule has 2 heterocycles. The molecule has 3 rings (SSSR count). The quantitative estimate of drug-likeness (QED) is 0.510. The van der Waals surface area contributed by atoms with Crippen LogP contribution in [0.3, 0.4) is 0 Å². The van der Waals surface area contributed by atoms with E-state index in [9.17, 15) is 4.79 Å². The number of halogens is 1. The van der Waals surface area contributed by atoms with Gasteiger partial charge in [0.2, 0.25) is 5.78 Å². The Morgan fingerprint density at radius 3 is 2.17 bits per heavy atom. The molecule has 6 heteroatoms. The van der Waals surface area contributed by atoms with Crippen molar-refractivity contribution >= 4 is 23.3 Å². The summed E-state index contributed by atoms with van der Waals surface area (Å²) in [7, 11) is 0. The molecule has 0 fully saturated rings. The summed E-state index contributed by atoms with van der Waals surface area (Å²) < 4.78 is 3.84. The highest BCUT2D eigenvalue weighted by molar-refractivity contribution is 6.30. The fourth-order valence-corrected chi connectivity index (χ4v) is 4.47. The molecule has 1 aromatic carbocycles. The lowest BCUT2D eigenvalue weighted by atomic mass is 10.1.